The molecule has 2 N–H and O–H groups in total. The van der Waals surface area contributed by atoms with E-state index in [2.05, 4.69) is 22.2 Å². The van der Waals surface area contributed by atoms with E-state index in [1.165, 1.54) is 0 Å². The Morgan fingerprint density at radius 2 is 2.11 bits per heavy atom. The van der Waals surface area contributed by atoms with Crippen molar-refractivity contribution < 1.29 is 4.52 Å². The molecule has 0 aliphatic rings. The zero-order valence-corrected chi connectivity index (χ0v) is 11.9. The van der Waals surface area contributed by atoms with Gasteiger partial charge in [-0.3, -0.25) is 4.68 Å². The van der Waals surface area contributed by atoms with E-state index in [9.17, 15) is 0 Å². The van der Waals surface area contributed by atoms with Crippen LogP contribution in [0, 0.1) is 5.92 Å². The van der Waals surface area contributed by atoms with E-state index in [-0.39, 0.29) is 12.0 Å². The van der Waals surface area contributed by atoms with Crippen molar-refractivity contribution in [3.8, 4) is 11.6 Å². The molecule has 2 aromatic rings. The van der Waals surface area contributed by atoms with Gasteiger partial charge in [0.25, 0.3) is 5.89 Å². The van der Waals surface area contributed by atoms with Crippen molar-refractivity contribution in [2.45, 2.75) is 46.7 Å². The van der Waals surface area contributed by atoms with Crippen molar-refractivity contribution >= 4 is 0 Å². The van der Waals surface area contributed by atoms with Gasteiger partial charge in [-0.15, -0.1) is 0 Å². The molecule has 1 atom stereocenters. The van der Waals surface area contributed by atoms with Crippen molar-refractivity contribution in [3.63, 3.8) is 0 Å². The van der Waals surface area contributed by atoms with Crippen molar-refractivity contribution in [1.29, 1.82) is 0 Å². The van der Waals surface area contributed by atoms with Crippen molar-refractivity contribution in [1.82, 2.24) is 19.9 Å². The van der Waals surface area contributed by atoms with Crippen molar-refractivity contribution in [2.24, 2.45) is 11.7 Å². The minimum absolute atomic E-state index is 0.207. The summed E-state index contributed by atoms with van der Waals surface area (Å²) in [5.74, 6) is 1.31. The molecule has 0 fully saturated rings. The van der Waals surface area contributed by atoms with Gasteiger partial charge in [0, 0.05) is 6.54 Å². The first-order valence-corrected chi connectivity index (χ1v) is 6.73. The summed E-state index contributed by atoms with van der Waals surface area (Å²) in [6.45, 7) is 8.94. The molecule has 6 heteroatoms. The Labute approximate surface area is 113 Å². The molecule has 19 heavy (non-hydrogen) atoms. The Bertz CT molecular complexity index is 543. The fourth-order valence-electron chi connectivity index (χ4n) is 1.83. The third kappa shape index (κ3) is 2.68. The molecule has 0 spiro atoms. The number of hydrogen-bond donors (Lipinski definition) is 1. The average Bonchev–Trinajstić information content (AvgIpc) is 3.03. The molecule has 0 bridgehead atoms. The van der Waals surface area contributed by atoms with Crippen molar-refractivity contribution in [2.75, 3.05) is 0 Å². The molecular formula is C13H21N5O. The highest BCUT2D eigenvalue weighted by molar-refractivity contribution is 5.48. The Kier molecular flexibility index (Phi) is 3.99. The monoisotopic (exact) mass is 263 g/mol. The molecule has 2 aromatic heterocycles. The Morgan fingerprint density at radius 3 is 2.68 bits per heavy atom. The van der Waals surface area contributed by atoms with E-state index in [0.29, 0.717) is 11.7 Å². The van der Waals surface area contributed by atoms with E-state index in [1.807, 2.05) is 31.5 Å². The number of aromatic nitrogens is 4. The summed E-state index contributed by atoms with van der Waals surface area (Å²) in [5, 5.41) is 8.44. The van der Waals surface area contributed by atoms with Crippen molar-refractivity contribution in [3.05, 3.63) is 17.6 Å². The molecule has 0 aliphatic carbocycles. The maximum absolute atomic E-state index is 6.02. The van der Waals surface area contributed by atoms with Crippen LogP contribution in [0.15, 0.2) is 10.6 Å². The number of rotatable bonds is 5. The quantitative estimate of drug-likeness (QED) is 0.893. The lowest BCUT2D eigenvalue weighted by Gasteiger charge is -2.09. The summed E-state index contributed by atoms with van der Waals surface area (Å²) >= 11 is 0. The summed E-state index contributed by atoms with van der Waals surface area (Å²) in [5.41, 5.74) is 7.90. The third-order valence-electron chi connectivity index (χ3n) is 3.17. The Morgan fingerprint density at radius 1 is 1.37 bits per heavy atom. The van der Waals surface area contributed by atoms with Crippen LogP contribution >= 0.6 is 0 Å². The normalized spacial score (nSPS) is 13.2. The average molecular weight is 263 g/mol. The van der Waals surface area contributed by atoms with Gasteiger partial charge >= 0.3 is 0 Å². The summed E-state index contributed by atoms with van der Waals surface area (Å²) < 4.78 is 7.19. The van der Waals surface area contributed by atoms with Crippen LogP contribution in [-0.4, -0.2) is 19.9 Å². The first-order chi connectivity index (χ1) is 9.06. The predicted molar refractivity (Wildman–Crippen MR) is 72.3 cm³/mol. The molecule has 0 amide bonds. The fraction of sp³-hybridized carbons (Fsp3) is 0.615. The number of nitrogens with two attached hydrogens (primary N) is 1. The second kappa shape index (κ2) is 5.52. The molecule has 104 valence electrons. The SMILES string of the molecule is CCc1cc(-c2nc(C(N)C(C)C)no2)n(CC)n1. The van der Waals surface area contributed by atoms with Gasteiger partial charge < -0.3 is 10.3 Å². The Hall–Kier alpha value is -1.69. The molecule has 1 unspecified atom stereocenters. The number of aryl methyl sites for hydroxylation is 2. The van der Waals surface area contributed by atoms with Crippen LogP contribution in [0.2, 0.25) is 0 Å². The van der Waals surface area contributed by atoms with Gasteiger partial charge in [0.15, 0.2) is 5.82 Å². The largest absolute Gasteiger partial charge is 0.332 e. The highest BCUT2D eigenvalue weighted by atomic mass is 16.5. The molecule has 6 nitrogen and oxygen atoms in total. The molecular weight excluding hydrogens is 242 g/mol. The summed E-state index contributed by atoms with van der Waals surface area (Å²) in [6.07, 6.45) is 0.881. The molecule has 0 saturated heterocycles. The zero-order chi connectivity index (χ0) is 14.0. The predicted octanol–water partition coefficient (Wildman–Crippen LogP) is 2.17. The molecule has 0 aliphatic heterocycles. The van der Waals surface area contributed by atoms with Gasteiger partial charge in [0.05, 0.1) is 11.7 Å². The lowest BCUT2D eigenvalue weighted by Crippen LogP contribution is -2.18. The number of hydrogen-bond acceptors (Lipinski definition) is 5. The lowest BCUT2D eigenvalue weighted by atomic mass is 10.1. The van der Waals surface area contributed by atoms with E-state index in [1.54, 1.807) is 0 Å². The number of nitrogens with zero attached hydrogens (tertiary/aromatic N) is 4. The molecule has 0 radical (unpaired) electrons. The summed E-state index contributed by atoms with van der Waals surface area (Å²) in [7, 11) is 0. The summed E-state index contributed by atoms with van der Waals surface area (Å²) in [4.78, 5) is 4.39. The van der Waals surface area contributed by atoms with Gasteiger partial charge in [-0.25, -0.2) is 0 Å². The van der Waals surface area contributed by atoms with Crippen LogP contribution in [0.4, 0.5) is 0 Å². The maximum atomic E-state index is 6.02. The molecule has 2 heterocycles. The smallest absolute Gasteiger partial charge is 0.276 e. The zero-order valence-electron chi connectivity index (χ0n) is 11.9. The summed E-state index contributed by atoms with van der Waals surface area (Å²) in [6, 6.07) is 1.78. The molecule has 0 aromatic carbocycles. The van der Waals surface area contributed by atoms with Crippen LogP contribution in [0.5, 0.6) is 0 Å². The molecule has 2 rings (SSSR count). The van der Waals surface area contributed by atoms with Gasteiger partial charge in [0.2, 0.25) is 0 Å². The fourth-order valence-corrected chi connectivity index (χ4v) is 1.83. The van der Waals surface area contributed by atoms with Gasteiger partial charge in [-0.1, -0.05) is 25.9 Å². The van der Waals surface area contributed by atoms with Gasteiger partial charge in [0.1, 0.15) is 5.69 Å². The van der Waals surface area contributed by atoms with Crippen LogP contribution in [-0.2, 0) is 13.0 Å². The first-order valence-electron chi connectivity index (χ1n) is 6.73. The van der Waals surface area contributed by atoms with E-state index in [0.717, 1.165) is 24.4 Å². The van der Waals surface area contributed by atoms with E-state index in [4.69, 9.17) is 10.3 Å². The lowest BCUT2D eigenvalue weighted by molar-refractivity contribution is 0.397. The van der Waals surface area contributed by atoms with Crippen LogP contribution in [0.25, 0.3) is 11.6 Å². The second-order valence-corrected chi connectivity index (χ2v) is 4.92. The minimum atomic E-state index is -0.207. The van der Waals surface area contributed by atoms with E-state index < -0.39 is 0 Å². The van der Waals surface area contributed by atoms with Gasteiger partial charge in [-0.05, 0) is 25.3 Å². The van der Waals surface area contributed by atoms with E-state index >= 15 is 0 Å². The highest BCUT2D eigenvalue weighted by Crippen LogP contribution is 2.22. The first kappa shape index (κ1) is 13.7. The standard InChI is InChI=1S/C13H21N5O/c1-5-9-7-10(18(6-2)16-9)13-15-12(17-19-13)11(14)8(3)4/h7-8,11H,5-6,14H2,1-4H3. The van der Waals surface area contributed by atoms with Gasteiger partial charge in [-0.2, -0.15) is 10.1 Å². The van der Waals surface area contributed by atoms with Crippen LogP contribution in [0.3, 0.4) is 0 Å². The maximum Gasteiger partial charge on any atom is 0.276 e. The van der Waals surface area contributed by atoms with Crippen LogP contribution < -0.4 is 5.73 Å². The Balaban J connectivity index is 2.34. The molecule has 0 saturated carbocycles. The third-order valence-corrected chi connectivity index (χ3v) is 3.17. The highest BCUT2D eigenvalue weighted by Gasteiger charge is 2.20. The second-order valence-electron chi connectivity index (χ2n) is 4.92. The van der Waals surface area contributed by atoms with Crippen LogP contribution in [0.1, 0.15) is 45.3 Å². The minimum Gasteiger partial charge on any atom is -0.332 e. The topological polar surface area (TPSA) is 82.8 Å².